The maximum absolute atomic E-state index is 5.99. The van der Waals surface area contributed by atoms with E-state index in [1.54, 1.807) is 0 Å². The summed E-state index contributed by atoms with van der Waals surface area (Å²) in [5.41, 5.74) is 3.66. The highest BCUT2D eigenvalue weighted by Crippen LogP contribution is 2.20. The second kappa shape index (κ2) is 6.76. The van der Waals surface area contributed by atoms with Gasteiger partial charge in [-0.15, -0.1) is 0 Å². The van der Waals surface area contributed by atoms with E-state index >= 15 is 0 Å². The quantitative estimate of drug-likeness (QED) is 0.283. The van der Waals surface area contributed by atoms with Gasteiger partial charge in [-0.2, -0.15) is 0 Å². The van der Waals surface area contributed by atoms with E-state index in [2.05, 4.69) is 5.43 Å². The fraction of sp³-hybridized carbons (Fsp3) is 0.500. The van der Waals surface area contributed by atoms with E-state index < -0.39 is 0 Å². The topological polar surface area (TPSA) is 50.4 Å². The molecule has 0 aromatic heterocycles. The van der Waals surface area contributed by atoms with Gasteiger partial charge in [0.2, 0.25) is 0 Å². The van der Waals surface area contributed by atoms with Gasteiger partial charge >= 0.3 is 0 Å². The van der Waals surface area contributed by atoms with Crippen LogP contribution in [0, 0.1) is 0 Å². The number of aliphatic imine (C=N–C) groups is 1. The molecule has 0 unspecified atom stereocenters. The first kappa shape index (κ1) is 13.4. The van der Waals surface area contributed by atoms with Crippen molar-refractivity contribution < 1.29 is 0 Å². The van der Waals surface area contributed by atoms with Gasteiger partial charge in [0.15, 0.2) is 0 Å². The average molecular weight is 266 g/mol. The molecule has 1 fully saturated rings. The van der Waals surface area contributed by atoms with Gasteiger partial charge in [0.25, 0.3) is 0 Å². The van der Waals surface area contributed by atoms with Crippen molar-refractivity contribution in [1.29, 1.82) is 0 Å². The summed E-state index contributed by atoms with van der Waals surface area (Å²) >= 11 is 5.99. The van der Waals surface area contributed by atoms with E-state index in [1.165, 1.54) is 25.7 Å². The van der Waals surface area contributed by atoms with Crippen molar-refractivity contribution in [3.05, 3.63) is 34.9 Å². The summed E-state index contributed by atoms with van der Waals surface area (Å²) < 4.78 is 0. The van der Waals surface area contributed by atoms with Gasteiger partial charge in [-0.1, -0.05) is 49.4 Å². The van der Waals surface area contributed by atoms with Crippen LogP contribution >= 0.6 is 11.6 Å². The lowest BCUT2D eigenvalue weighted by Gasteiger charge is -2.12. The number of nitrogens with two attached hydrogens (primary N) is 1. The normalized spacial score (nSPS) is 18.4. The highest BCUT2D eigenvalue weighted by molar-refractivity contribution is 6.31. The Morgan fingerprint density at radius 1 is 1.22 bits per heavy atom. The van der Waals surface area contributed by atoms with Crippen LogP contribution in [0.1, 0.15) is 44.1 Å². The molecule has 3 nitrogen and oxygen atoms in total. The third kappa shape index (κ3) is 3.72. The van der Waals surface area contributed by atoms with Crippen LogP contribution in [0.3, 0.4) is 0 Å². The molecular weight excluding hydrogens is 246 g/mol. The minimum Gasteiger partial charge on any atom is -0.308 e. The van der Waals surface area contributed by atoms with Gasteiger partial charge in [-0.05, 0) is 25.0 Å². The number of amidine groups is 1. The predicted octanol–water partition coefficient (Wildman–Crippen LogP) is 3.27. The van der Waals surface area contributed by atoms with Gasteiger partial charge in [0.1, 0.15) is 5.84 Å². The lowest BCUT2D eigenvalue weighted by molar-refractivity contribution is 0.583. The molecule has 2 rings (SSSR count). The number of hydrogen-bond acceptors (Lipinski definition) is 2. The molecule has 0 spiro atoms. The molecule has 18 heavy (non-hydrogen) atoms. The zero-order valence-corrected chi connectivity index (χ0v) is 11.3. The fourth-order valence-corrected chi connectivity index (χ4v) is 2.59. The third-order valence-corrected chi connectivity index (χ3v) is 3.61. The first-order valence-electron chi connectivity index (χ1n) is 6.60. The van der Waals surface area contributed by atoms with Crippen LogP contribution < -0.4 is 11.3 Å². The van der Waals surface area contributed by atoms with Gasteiger partial charge < -0.3 is 5.43 Å². The molecule has 0 aliphatic heterocycles. The van der Waals surface area contributed by atoms with Gasteiger partial charge in [0, 0.05) is 10.6 Å². The highest BCUT2D eigenvalue weighted by atomic mass is 35.5. The number of benzene rings is 1. The van der Waals surface area contributed by atoms with Crippen LogP contribution in [-0.4, -0.2) is 11.9 Å². The molecule has 3 N–H and O–H groups in total. The van der Waals surface area contributed by atoms with Gasteiger partial charge in [0.05, 0.1) is 6.04 Å². The van der Waals surface area contributed by atoms with E-state index in [-0.39, 0.29) is 0 Å². The molecule has 1 aliphatic carbocycles. The number of nitrogens with zero attached hydrogens (tertiary/aromatic N) is 1. The fourth-order valence-electron chi connectivity index (χ4n) is 2.40. The van der Waals surface area contributed by atoms with E-state index in [4.69, 9.17) is 22.4 Å². The number of halogens is 1. The summed E-state index contributed by atoms with van der Waals surface area (Å²) in [4.78, 5) is 4.75. The van der Waals surface area contributed by atoms with Crippen molar-refractivity contribution in [1.82, 2.24) is 5.43 Å². The van der Waals surface area contributed by atoms with Crippen molar-refractivity contribution in [2.24, 2.45) is 10.8 Å². The molecule has 0 saturated heterocycles. The zero-order valence-electron chi connectivity index (χ0n) is 10.5. The number of hydrogen-bond donors (Lipinski definition) is 2. The Labute approximate surface area is 113 Å². The van der Waals surface area contributed by atoms with Gasteiger partial charge in [-0.25, -0.2) is 5.84 Å². The third-order valence-electron chi connectivity index (χ3n) is 3.37. The molecule has 1 aromatic rings. The van der Waals surface area contributed by atoms with Crippen LogP contribution in [0.2, 0.25) is 5.02 Å². The summed E-state index contributed by atoms with van der Waals surface area (Å²) in [5.74, 6) is 6.33. The summed E-state index contributed by atoms with van der Waals surface area (Å²) in [6.45, 7) is 0. The van der Waals surface area contributed by atoms with E-state index in [0.29, 0.717) is 11.1 Å². The molecule has 0 heterocycles. The Morgan fingerprint density at radius 3 is 2.56 bits per heavy atom. The maximum atomic E-state index is 5.99. The van der Waals surface area contributed by atoms with E-state index in [0.717, 1.165) is 24.2 Å². The molecular formula is C14H20ClN3. The van der Waals surface area contributed by atoms with Crippen LogP contribution in [0.4, 0.5) is 0 Å². The Hall–Kier alpha value is -1.06. The maximum Gasteiger partial charge on any atom is 0.142 e. The lowest BCUT2D eigenvalue weighted by Crippen LogP contribution is -2.32. The van der Waals surface area contributed by atoms with Crippen molar-refractivity contribution >= 4 is 17.4 Å². The Balaban J connectivity index is 2.16. The molecule has 98 valence electrons. The first-order chi connectivity index (χ1) is 8.79. The summed E-state index contributed by atoms with van der Waals surface area (Å²) in [6, 6.07) is 8.01. The average Bonchev–Trinajstić information content (AvgIpc) is 2.64. The number of hydrazine groups is 1. The Kier molecular flexibility index (Phi) is 5.02. The Morgan fingerprint density at radius 2 is 1.94 bits per heavy atom. The lowest BCUT2D eigenvalue weighted by atomic mass is 10.1. The SMILES string of the molecule is NNC(=NC1CCCCCC1)c1cccc(Cl)c1. The van der Waals surface area contributed by atoms with Crippen LogP contribution in [0.25, 0.3) is 0 Å². The summed E-state index contributed by atoms with van der Waals surface area (Å²) in [6.07, 6.45) is 7.50. The van der Waals surface area contributed by atoms with E-state index in [1.807, 2.05) is 24.3 Å². The predicted molar refractivity (Wildman–Crippen MR) is 76.8 cm³/mol. The van der Waals surface area contributed by atoms with Crippen LogP contribution in [0.5, 0.6) is 0 Å². The van der Waals surface area contributed by atoms with Crippen molar-refractivity contribution in [2.45, 2.75) is 44.6 Å². The molecule has 1 saturated carbocycles. The molecule has 0 bridgehead atoms. The second-order valence-corrected chi connectivity index (χ2v) is 5.21. The van der Waals surface area contributed by atoms with Crippen LogP contribution in [0.15, 0.2) is 29.3 Å². The van der Waals surface area contributed by atoms with Crippen molar-refractivity contribution in [3.8, 4) is 0 Å². The molecule has 4 heteroatoms. The summed E-state index contributed by atoms with van der Waals surface area (Å²) in [7, 11) is 0. The second-order valence-electron chi connectivity index (χ2n) is 4.78. The number of rotatable bonds is 2. The molecule has 1 aromatic carbocycles. The minimum absolute atomic E-state index is 0.387. The Bertz CT molecular complexity index is 409. The molecule has 0 radical (unpaired) electrons. The minimum atomic E-state index is 0.387. The highest BCUT2D eigenvalue weighted by Gasteiger charge is 2.12. The van der Waals surface area contributed by atoms with Crippen molar-refractivity contribution in [3.63, 3.8) is 0 Å². The van der Waals surface area contributed by atoms with Crippen LogP contribution in [-0.2, 0) is 0 Å². The largest absolute Gasteiger partial charge is 0.308 e. The molecule has 1 aliphatic rings. The van der Waals surface area contributed by atoms with E-state index in [9.17, 15) is 0 Å². The molecule has 0 amide bonds. The zero-order chi connectivity index (χ0) is 12.8. The van der Waals surface area contributed by atoms with Gasteiger partial charge in [-0.3, -0.25) is 4.99 Å². The first-order valence-corrected chi connectivity index (χ1v) is 6.98. The van der Waals surface area contributed by atoms with Crippen molar-refractivity contribution in [2.75, 3.05) is 0 Å². The smallest absolute Gasteiger partial charge is 0.142 e. The molecule has 0 atom stereocenters. The summed E-state index contributed by atoms with van der Waals surface area (Å²) in [5, 5.41) is 0.705. The number of nitrogens with one attached hydrogen (secondary N) is 1. The standard InChI is InChI=1S/C14H20ClN3/c15-12-7-5-6-11(10-12)14(18-16)17-13-8-3-1-2-4-9-13/h5-7,10,13H,1-4,8-9,16H2,(H,17,18). The monoisotopic (exact) mass is 265 g/mol.